The molecule has 102 valence electrons. The molecule has 0 saturated carbocycles. The average molecular weight is 260 g/mol. The number of carbonyl (C=O) groups is 2. The summed E-state index contributed by atoms with van der Waals surface area (Å²) < 4.78 is 0. The Bertz CT molecular complexity index is 478. The van der Waals surface area contributed by atoms with Crippen LogP contribution >= 0.6 is 0 Å². The number of rotatable bonds is 3. The lowest BCUT2D eigenvalue weighted by Gasteiger charge is -2.24. The van der Waals surface area contributed by atoms with Crippen molar-refractivity contribution in [1.82, 2.24) is 4.90 Å². The molecule has 2 amide bonds. The molecule has 1 aliphatic heterocycles. The lowest BCUT2D eigenvalue weighted by molar-refractivity contribution is -0.135. The highest BCUT2D eigenvalue weighted by Crippen LogP contribution is 2.15. The minimum Gasteiger partial charge on any atom is -0.368 e. The van der Waals surface area contributed by atoms with Crippen LogP contribution in [0.3, 0.4) is 0 Å². The van der Waals surface area contributed by atoms with Crippen LogP contribution in [0.1, 0.15) is 33.6 Å². The van der Waals surface area contributed by atoms with Crippen molar-refractivity contribution in [2.45, 2.75) is 39.7 Å². The van der Waals surface area contributed by atoms with Gasteiger partial charge in [0.25, 0.3) is 0 Å². The fourth-order valence-corrected chi connectivity index (χ4v) is 1.78. The maximum atomic E-state index is 12.1. The quantitative estimate of drug-likeness (QED) is 0.783. The normalized spacial score (nSPS) is 16.5. The van der Waals surface area contributed by atoms with Gasteiger partial charge in [-0.3, -0.25) is 9.59 Å². The highest BCUT2D eigenvalue weighted by atomic mass is 16.2. The summed E-state index contributed by atoms with van der Waals surface area (Å²) in [6.45, 7) is 5.82. The summed E-state index contributed by atoms with van der Waals surface area (Å²) in [6.07, 6.45) is 5.85. The third kappa shape index (κ3) is 4.29. The molecule has 2 N–H and O–H groups in total. The molecule has 1 rings (SSSR count). The smallest absolute Gasteiger partial charge is 0.240 e. The zero-order chi connectivity index (χ0) is 14.4. The standard InChI is InChI=1S/C15H20N2O2/c1-4-13(15(16)19)17-9-5-6-12(10-14(17)18)8-7-11(2)3/h5-6,9,11,13H,4,10H2,1-3H3,(H2,16,19). The van der Waals surface area contributed by atoms with E-state index in [1.807, 2.05) is 20.8 Å². The second-order valence-electron chi connectivity index (χ2n) is 4.76. The molecule has 19 heavy (non-hydrogen) atoms. The summed E-state index contributed by atoms with van der Waals surface area (Å²) in [5.74, 6) is 5.64. The molecular formula is C15H20N2O2. The van der Waals surface area contributed by atoms with Crippen molar-refractivity contribution >= 4 is 11.8 Å². The second kappa shape index (κ2) is 6.79. The van der Waals surface area contributed by atoms with Crippen molar-refractivity contribution in [3.8, 4) is 11.8 Å². The largest absolute Gasteiger partial charge is 0.368 e. The molecule has 0 aromatic rings. The number of carbonyl (C=O) groups excluding carboxylic acids is 2. The molecule has 0 spiro atoms. The van der Waals surface area contributed by atoms with Crippen LogP contribution in [0.4, 0.5) is 0 Å². The number of nitrogens with zero attached hydrogens (tertiary/aromatic N) is 1. The van der Waals surface area contributed by atoms with Crippen molar-refractivity contribution in [2.24, 2.45) is 11.7 Å². The van der Waals surface area contributed by atoms with Gasteiger partial charge >= 0.3 is 0 Å². The van der Waals surface area contributed by atoms with Crippen molar-refractivity contribution in [2.75, 3.05) is 0 Å². The first-order valence-corrected chi connectivity index (χ1v) is 6.45. The highest BCUT2D eigenvalue weighted by molar-refractivity contribution is 5.89. The van der Waals surface area contributed by atoms with E-state index < -0.39 is 11.9 Å². The van der Waals surface area contributed by atoms with Gasteiger partial charge in [0, 0.05) is 17.7 Å². The Hall–Kier alpha value is -2.02. The van der Waals surface area contributed by atoms with Crippen LogP contribution in [0.2, 0.25) is 0 Å². The second-order valence-corrected chi connectivity index (χ2v) is 4.76. The van der Waals surface area contributed by atoms with Gasteiger partial charge in [-0.15, -0.1) is 0 Å². The van der Waals surface area contributed by atoms with E-state index in [1.165, 1.54) is 4.90 Å². The van der Waals surface area contributed by atoms with E-state index in [2.05, 4.69) is 11.8 Å². The highest BCUT2D eigenvalue weighted by Gasteiger charge is 2.25. The van der Waals surface area contributed by atoms with Crippen LogP contribution in [0, 0.1) is 17.8 Å². The van der Waals surface area contributed by atoms with Crippen LogP contribution in [-0.2, 0) is 9.59 Å². The molecule has 1 unspecified atom stereocenters. The van der Waals surface area contributed by atoms with Gasteiger partial charge in [-0.25, -0.2) is 0 Å². The number of primary amides is 1. The van der Waals surface area contributed by atoms with Crippen LogP contribution in [0.25, 0.3) is 0 Å². The molecule has 1 aliphatic rings. The maximum absolute atomic E-state index is 12.1. The molecule has 4 heteroatoms. The Morgan fingerprint density at radius 2 is 2.21 bits per heavy atom. The van der Waals surface area contributed by atoms with Crippen molar-refractivity contribution < 1.29 is 9.59 Å². The zero-order valence-electron chi connectivity index (χ0n) is 11.6. The van der Waals surface area contributed by atoms with E-state index in [1.54, 1.807) is 18.4 Å². The van der Waals surface area contributed by atoms with Gasteiger partial charge in [-0.05, 0) is 18.6 Å². The first-order valence-electron chi connectivity index (χ1n) is 6.45. The molecule has 0 aliphatic carbocycles. The van der Waals surface area contributed by atoms with Gasteiger partial charge in [-0.2, -0.15) is 0 Å². The molecule has 0 radical (unpaired) electrons. The number of hydrogen-bond acceptors (Lipinski definition) is 2. The van der Waals surface area contributed by atoms with Crippen molar-refractivity contribution in [3.63, 3.8) is 0 Å². The van der Waals surface area contributed by atoms with E-state index in [-0.39, 0.29) is 18.2 Å². The van der Waals surface area contributed by atoms with Crippen molar-refractivity contribution in [3.05, 3.63) is 23.9 Å². The van der Waals surface area contributed by atoms with Gasteiger partial charge < -0.3 is 10.6 Å². The van der Waals surface area contributed by atoms with Gasteiger partial charge in [0.15, 0.2) is 0 Å². The number of allylic oxidation sites excluding steroid dienone is 2. The van der Waals surface area contributed by atoms with E-state index in [0.29, 0.717) is 6.42 Å². The first kappa shape index (κ1) is 15.0. The fraction of sp³-hybridized carbons (Fsp3) is 0.467. The molecule has 1 heterocycles. The summed E-state index contributed by atoms with van der Waals surface area (Å²) >= 11 is 0. The van der Waals surface area contributed by atoms with Crippen LogP contribution < -0.4 is 5.73 Å². The number of nitrogens with two attached hydrogens (primary N) is 1. The summed E-state index contributed by atoms with van der Waals surface area (Å²) in [5, 5.41) is 0. The minimum absolute atomic E-state index is 0.149. The summed E-state index contributed by atoms with van der Waals surface area (Å²) in [6, 6.07) is -0.588. The van der Waals surface area contributed by atoms with Gasteiger partial charge in [0.2, 0.25) is 11.8 Å². The molecule has 0 saturated heterocycles. The Labute approximate surface area is 114 Å². The van der Waals surface area contributed by atoms with Crippen LogP contribution in [0.15, 0.2) is 23.9 Å². The Morgan fingerprint density at radius 3 is 2.74 bits per heavy atom. The first-order chi connectivity index (χ1) is 8.95. The zero-order valence-corrected chi connectivity index (χ0v) is 11.6. The topological polar surface area (TPSA) is 63.4 Å². The predicted octanol–water partition coefficient (Wildman–Crippen LogP) is 1.58. The Balaban J connectivity index is 2.87. The minimum atomic E-state index is -0.588. The summed E-state index contributed by atoms with van der Waals surface area (Å²) in [5.41, 5.74) is 6.07. The molecule has 0 aromatic carbocycles. The summed E-state index contributed by atoms with van der Waals surface area (Å²) in [4.78, 5) is 24.9. The Kier molecular flexibility index (Phi) is 5.37. The maximum Gasteiger partial charge on any atom is 0.240 e. The third-order valence-electron chi connectivity index (χ3n) is 2.75. The van der Waals surface area contributed by atoms with Gasteiger partial charge in [0.1, 0.15) is 6.04 Å². The lowest BCUT2D eigenvalue weighted by Crippen LogP contribution is -2.44. The molecular weight excluding hydrogens is 240 g/mol. The average Bonchev–Trinajstić information content (AvgIpc) is 2.50. The van der Waals surface area contributed by atoms with Gasteiger partial charge in [-0.1, -0.05) is 32.6 Å². The number of hydrogen-bond donors (Lipinski definition) is 1. The molecule has 0 aromatic heterocycles. The summed E-state index contributed by atoms with van der Waals surface area (Å²) in [7, 11) is 0. The molecule has 4 nitrogen and oxygen atoms in total. The third-order valence-corrected chi connectivity index (χ3v) is 2.75. The van der Waals surface area contributed by atoms with Crippen LogP contribution in [-0.4, -0.2) is 22.8 Å². The lowest BCUT2D eigenvalue weighted by atomic mass is 10.1. The van der Waals surface area contributed by atoms with E-state index in [4.69, 9.17) is 5.73 Å². The Morgan fingerprint density at radius 1 is 1.53 bits per heavy atom. The van der Waals surface area contributed by atoms with E-state index in [0.717, 1.165) is 5.57 Å². The number of amides is 2. The van der Waals surface area contributed by atoms with E-state index >= 15 is 0 Å². The van der Waals surface area contributed by atoms with E-state index in [9.17, 15) is 9.59 Å². The predicted molar refractivity (Wildman–Crippen MR) is 74.6 cm³/mol. The SMILES string of the molecule is CCC(C(N)=O)N1C=CC=C(C#CC(C)C)CC1=O. The molecule has 0 bridgehead atoms. The van der Waals surface area contributed by atoms with Gasteiger partial charge in [0.05, 0.1) is 6.42 Å². The molecule has 1 atom stereocenters. The fourth-order valence-electron chi connectivity index (χ4n) is 1.78. The van der Waals surface area contributed by atoms with Crippen LogP contribution in [0.5, 0.6) is 0 Å². The van der Waals surface area contributed by atoms with Crippen molar-refractivity contribution in [1.29, 1.82) is 0 Å². The monoisotopic (exact) mass is 260 g/mol. The molecule has 0 fully saturated rings.